The van der Waals surface area contributed by atoms with Crippen LogP contribution in [0.2, 0.25) is 0 Å². The summed E-state index contributed by atoms with van der Waals surface area (Å²) in [6.07, 6.45) is 8.45. The summed E-state index contributed by atoms with van der Waals surface area (Å²) < 4.78 is 14.0. The average molecular weight is 346 g/mol. The van der Waals surface area contributed by atoms with E-state index in [4.69, 9.17) is 14.6 Å². The van der Waals surface area contributed by atoms with Gasteiger partial charge in [-0.3, -0.25) is 5.43 Å². The van der Waals surface area contributed by atoms with E-state index in [-0.39, 0.29) is 0 Å². The molecule has 1 spiro atoms. The van der Waals surface area contributed by atoms with Crippen molar-refractivity contribution in [2.24, 2.45) is 5.10 Å². The number of allylic oxidation sites excluding steroid dienone is 2. The van der Waals surface area contributed by atoms with Crippen molar-refractivity contribution in [3.63, 3.8) is 0 Å². The molecule has 0 saturated heterocycles. The van der Waals surface area contributed by atoms with Crippen LogP contribution in [0.5, 0.6) is 11.6 Å². The van der Waals surface area contributed by atoms with Crippen LogP contribution in [-0.4, -0.2) is 9.78 Å². The summed E-state index contributed by atoms with van der Waals surface area (Å²) in [6, 6.07) is 7.98. The molecule has 4 heterocycles. The molecule has 130 valence electrons. The van der Waals surface area contributed by atoms with Crippen LogP contribution in [-0.2, 0) is 10.4 Å². The second-order valence-corrected chi connectivity index (χ2v) is 7.19. The van der Waals surface area contributed by atoms with E-state index in [2.05, 4.69) is 22.7 Å². The van der Waals surface area contributed by atoms with Crippen LogP contribution in [0.1, 0.15) is 38.2 Å². The lowest BCUT2D eigenvalue weighted by Gasteiger charge is -2.37. The second kappa shape index (κ2) is 4.78. The Morgan fingerprint density at radius 2 is 2.04 bits per heavy atom. The molecule has 2 aromatic rings. The Hall–Kier alpha value is -3.02. The predicted molar refractivity (Wildman–Crippen MR) is 94.5 cm³/mol. The molecular weight excluding hydrogens is 328 g/mol. The molecule has 1 aromatic carbocycles. The quantitative estimate of drug-likeness (QED) is 0.679. The smallest absolute Gasteiger partial charge is 0.248 e. The molecule has 1 unspecified atom stereocenters. The molecule has 0 radical (unpaired) electrons. The van der Waals surface area contributed by atoms with E-state index in [0.29, 0.717) is 5.88 Å². The van der Waals surface area contributed by atoms with Gasteiger partial charge in [0, 0.05) is 23.6 Å². The molecule has 1 aliphatic carbocycles. The minimum atomic E-state index is -0.575. The van der Waals surface area contributed by atoms with E-state index in [1.807, 2.05) is 35.9 Å². The largest absolute Gasteiger partial charge is 0.466 e. The maximum Gasteiger partial charge on any atom is 0.248 e. The Kier molecular flexibility index (Phi) is 2.61. The first-order valence-electron chi connectivity index (χ1n) is 9.07. The number of rotatable bonds is 0. The highest BCUT2D eigenvalue weighted by Gasteiger charge is 2.46. The van der Waals surface area contributed by atoms with Gasteiger partial charge in [-0.15, -0.1) is 5.10 Å². The summed E-state index contributed by atoms with van der Waals surface area (Å²) in [7, 11) is 0. The summed E-state index contributed by atoms with van der Waals surface area (Å²) in [6.45, 7) is 1.99. The minimum absolute atomic E-state index is 0.575. The molecule has 0 saturated carbocycles. The first-order chi connectivity index (χ1) is 12.7. The lowest BCUT2D eigenvalue weighted by atomic mass is 9.86. The van der Waals surface area contributed by atoms with Crippen molar-refractivity contribution in [2.75, 3.05) is 0 Å². The topological polar surface area (TPSA) is 60.7 Å². The average Bonchev–Trinajstić information content (AvgIpc) is 3.18. The molecule has 1 N–H and O–H groups in total. The molecule has 6 nitrogen and oxygen atoms in total. The second-order valence-electron chi connectivity index (χ2n) is 7.19. The van der Waals surface area contributed by atoms with Crippen molar-refractivity contribution < 1.29 is 9.47 Å². The lowest BCUT2D eigenvalue weighted by Crippen LogP contribution is -2.47. The fourth-order valence-corrected chi connectivity index (χ4v) is 4.38. The van der Waals surface area contributed by atoms with Gasteiger partial charge in [-0.2, -0.15) is 5.10 Å². The Balaban J connectivity index is 1.59. The van der Waals surface area contributed by atoms with Gasteiger partial charge in [0.25, 0.3) is 0 Å². The van der Waals surface area contributed by atoms with E-state index < -0.39 is 5.66 Å². The zero-order valence-electron chi connectivity index (χ0n) is 14.5. The predicted octanol–water partition coefficient (Wildman–Crippen LogP) is 2.37. The maximum atomic E-state index is 6.05. The van der Waals surface area contributed by atoms with Crippen LogP contribution in [0.4, 0.5) is 0 Å². The van der Waals surface area contributed by atoms with Crippen LogP contribution >= 0.6 is 0 Å². The van der Waals surface area contributed by atoms with Crippen LogP contribution in [0, 0.1) is 0 Å². The monoisotopic (exact) mass is 346 g/mol. The number of nitrogens with one attached hydrogen (secondary N) is 1. The van der Waals surface area contributed by atoms with Gasteiger partial charge >= 0.3 is 0 Å². The number of hydrogen-bond acceptors (Lipinski definition) is 5. The first kappa shape index (κ1) is 14.2. The SMILES string of the molecule is CC1=CC2(NN=c3c4c(nn32)Oc2ccccc2C=4)C2=C(CCCC2)O1. The van der Waals surface area contributed by atoms with Crippen molar-refractivity contribution in [1.29, 1.82) is 0 Å². The molecule has 0 bridgehead atoms. The third kappa shape index (κ3) is 1.71. The van der Waals surface area contributed by atoms with E-state index in [9.17, 15) is 0 Å². The molecular formula is C20H18N4O2. The number of nitrogens with zero attached hydrogens (tertiary/aromatic N) is 3. The highest BCUT2D eigenvalue weighted by molar-refractivity contribution is 5.61. The molecule has 3 aliphatic heterocycles. The zero-order chi connectivity index (χ0) is 17.3. The van der Waals surface area contributed by atoms with Gasteiger partial charge in [-0.05, 0) is 38.3 Å². The van der Waals surface area contributed by atoms with E-state index in [1.54, 1.807) is 0 Å². The summed E-state index contributed by atoms with van der Waals surface area (Å²) in [5.41, 5.74) is 5.86. The molecule has 1 aromatic heterocycles. The molecule has 1 atom stereocenters. The molecule has 0 fully saturated rings. The maximum absolute atomic E-state index is 6.05. The standard InChI is InChI=1S/C20H18N4O2/c1-12-11-20(15-7-3-5-9-17(15)25-12)23-21-18-14-10-13-6-2-4-8-16(13)26-19(14)22-24(18)20/h2,4,6,8,10-11,23H,3,5,7,9H2,1H3. The highest BCUT2D eigenvalue weighted by Crippen LogP contribution is 2.42. The summed E-state index contributed by atoms with van der Waals surface area (Å²) in [4.78, 5) is 0. The molecule has 0 amide bonds. The van der Waals surface area contributed by atoms with Crippen molar-refractivity contribution >= 4 is 6.08 Å². The summed E-state index contributed by atoms with van der Waals surface area (Å²) >= 11 is 0. The van der Waals surface area contributed by atoms with Gasteiger partial charge in [0.2, 0.25) is 5.88 Å². The van der Waals surface area contributed by atoms with Gasteiger partial charge in [0.05, 0.1) is 5.22 Å². The fourth-order valence-electron chi connectivity index (χ4n) is 4.38. The Morgan fingerprint density at radius 3 is 3.00 bits per heavy atom. The van der Waals surface area contributed by atoms with Crippen molar-refractivity contribution in [3.05, 3.63) is 63.7 Å². The fraction of sp³-hybridized carbons (Fsp3) is 0.300. The number of benzene rings is 1. The number of para-hydroxylation sites is 1. The van der Waals surface area contributed by atoms with Crippen LogP contribution < -0.4 is 20.9 Å². The normalized spacial score (nSPS) is 24.7. The number of aromatic nitrogens is 2. The number of fused-ring (bicyclic) bond motifs is 6. The third-order valence-electron chi connectivity index (χ3n) is 5.53. The van der Waals surface area contributed by atoms with Crippen LogP contribution in [0.25, 0.3) is 6.08 Å². The van der Waals surface area contributed by atoms with Crippen molar-refractivity contribution in [1.82, 2.24) is 15.2 Å². The van der Waals surface area contributed by atoms with Crippen molar-refractivity contribution in [3.8, 4) is 11.6 Å². The van der Waals surface area contributed by atoms with Gasteiger partial charge in [-0.25, -0.2) is 4.68 Å². The Labute approximate surface area is 150 Å². The third-order valence-corrected chi connectivity index (χ3v) is 5.53. The van der Waals surface area contributed by atoms with Gasteiger partial charge in [0.1, 0.15) is 17.3 Å². The van der Waals surface area contributed by atoms with Crippen LogP contribution in [0.3, 0.4) is 0 Å². The Morgan fingerprint density at radius 1 is 1.15 bits per heavy atom. The summed E-state index contributed by atoms with van der Waals surface area (Å²) in [5, 5.41) is 10.4. The van der Waals surface area contributed by atoms with Crippen molar-refractivity contribution in [2.45, 2.75) is 38.3 Å². The first-order valence-corrected chi connectivity index (χ1v) is 9.07. The van der Waals surface area contributed by atoms with E-state index in [1.165, 1.54) is 5.57 Å². The van der Waals surface area contributed by atoms with E-state index >= 15 is 0 Å². The lowest BCUT2D eigenvalue weighted by molar-refractivity contribution is 0.206. The van der Waals surface area contributed by atoms with Gasteiger partial charge < -0.3 is 9.47 Å². The van der Waals surface area contributed by atoms with Crippen LogP contribution in [0.15, 0.2) is 52.5 Å². The zero-order valence-corrected chi connectivity index (χ0v) is 14.5. The number of hydrogen-bond donors (Lipinski definition) is 1. The number of ether oxygens (including phenoxy) is 2. The Bertz CT molecular complexity index is 1140. The molecule has 6 rings (SSSR count). The minimum Gasteiger partial charge on any atom is -0.466 e. The van der Waals surface area contributed by atoms with Gasteiger partial charge in [0.15, 0.2) is 11.2 Å². The van der Waals surface area contributed by atoms with E-state index in [0.717, 1.165) is 59.2 Å². The van der Waals surface area contributed by atoms with Gasteiger partial charge in [-0.1, -0.05) is 18.2 Å². The molecule has 26 heavy (non-hydrogen) atoms. The molecule has 4 aliphatic rings. The summed E-state index contributed by atoms with van der Waals surface area (Å²) in [5.74, 6) is 3.38. The highest BCUT2D eigenvalue weighted by atomic mass is 16.5. The molecule has 6 heteroatoms.